The van der Waals surface area contributed by atoms with Gasteiger partial charge in [-0.3, -0.25) is 9.59 Å². The minimum atomic E-state index is -0.293. The van der Waals surface area contributed by atoms with Gasteiger partial charge in [0, 0.05) is 24.8 Å². The van der Waals surface area contributed by atoms with E-state index in [0.717, 1.165) is 13.0 Å². The lowest BCUT2D eigenvalue weighted by Gasteiger charge is -2.31. The fraction of sp³-hybridized carbons (Fsp3) is 0.875. The van der Waals surface area contributed by atoms with Crippen LogP contribution in [-0.4, -0.2) is 58.4 Å². The molecule has 2 rings (SSSR count). The van der Waals surface area contributed by atoms with Crippen LogP contribution in [0, 0.1) is 11.3 Å². The summed E-state index contributed by atoms with van der Waals surface area (Å²) in [6.45, 7) is 9.61. The van der Waals surface area contributed by atoms with Gasteiger partial charge < -0.3 is 15.5 Å². The van der Waals surface area contributed by atoms with Crippen LogP contribution >= 0.6 is 24.2 Å². The van der Waals surface area contributed by atoms with Crippen molar-refractivity contribution < 1.29 is 9.59 Å². The summed E-state index contributed by atoms with van der Waals surface area (Å²) in [6.07, 6.45) is 1.45. The maximum absolute atomic E-state index is 12.9. The van der Waals surface area contributed by atoms with Crippen LogP contribution in [0.15, 0.2) is 0 Å². The van der Waals surface area contributed by atoms with Crippen LogP contribution in [-0.2, 0) is 9.59 Å². The number of thioether (sulfide) groups is 1. The zero-order chi connectivity index (χ0) is 16.5. The Morgan fingerprint density at radius 3 is 2.43 bits per heavy atom. The van der Waals surface area contributed by atoms with Gasteiger partial charge in [0.2, 0.25) is 11.8 Å². The molecule has 2 fully saturated rings. The number of carbonyl (C=O) groups excluding carboxylic acids is 2. The topological polar surface area (TPSA) is 66.6 Å². The van der Waals surface area contributed by atoms with Crippen molar-refractivity contribution in [1.29, 1.82) is 0 Å². The second-order valence-corrected chi connectivity index (χ2v) is 8.79. The molecule has 23 heavy (non-hydrogen) atoms. The van der Waals surface area contributed by atoms with Crippen molar-refractivity contribution >= 4 is 36.0 Å². The molecule has 2 N–H and O–H groups in total. The van der Waals surface area contributed by atoms with Crippen molar-refractivity contribution in [2.75, 3.05) is 24.7 Å². The number of halogens is 1. The minimum absolute atomic E-state index is 0. The lowest BCUT2D eigenvalue weighted by Crippen LogP contribution is -2.50. The first kappa shape index (κ1) is 20.6. The molecule has 0 radical (unpaired) electrons. The fourth-order valence-electron chi connectivity index (χ4n) is 3.26. The van der Waals surface area contributed by atoms with Crippen LogP contribution in [0.25, 0.3) is 0 Å². The average molecular weight is 364 g/mol. The molecule has 3 atom stereocenters. The molecule has 5 nitrogen and oxygen atoms in total. The summed E-state index contributed by atoms with van der Waals surface area (Å²) in [4.78, 5) is 29.1. The van der Waals surface area contributed by atoms with Crippen molar-refractivity contribution in [3.05, 3.63) is 0 Å². The van der Waals surface area contributed by atoms with Crippen LogP contribution in [0.5, 0.6) is 0 Å². The maximum Gasteiger partial charge on any atom is 0.246 e. The van der Waals surface area contributed by atoms with E-state index in [1.165, 1.54) is 0 Å². The zero-order valence-electron chi connectivity index (χ0n) is 14.6. The molecule has 0 aromatic rings. The lowest BCUT2D eigenvalue weighted by molar-refractivity contribution is -0.144. The van der Waals surface area contributed by atoms with Crippen molar-refractivity contribution in [2.45, 2.75) is 52.6 Å². The molecule has 0 aromatic heterocycles. The first-order valence-electron chi connectivity index (χ1n) is 8.10. The summed E-state index contributed by atoms with van der Waals surface area (Å²) < 4.78 is 0. The van der Waals surface area contributed by atoms with Gasteiger partial charge in [0.15, 0.2) is 0 Å². The quantitative estimate of drug-likeness (QED) is 0.832. The Balaban J connectivity index is 0.00000264. The second-order valence-electron chi connectivity index (χ2n) is 7.79. The van der Waals surface area contributed by atoms with Gasteiger partial charge in [0.1, 0.15) is 6.04 Å². The summed E-state index contributed by atoms with van der Waals surface area (Å²) >= 11 is 1.67. The number of hydrogen-bond acceptors (Lipinski definition) is 4. The van der Waals surface area contributed by atoms with Crippen LogP contribution in [0.3, 0.4) is 0 Å². The van der Waals surface area contributed by atoms with E-state index in [0.29, 0.717) is 30.5 Å². The normalized spacial score (nSPS) is 28.0. The summed E-state index contributed by atoms with van der Waals surface area (Å²) in [5.41, 5.74) is 5.70. The SMILES string of the molecule is CC1CC(CN)CN1C(=O)C1CSCN1C(=O)CC(C)(C)C.Cl. The molecular weight excluding hydrogens is 334 g/mol. The zero-order valence-corrected chi connectivity index (χ0v) is 16.2. The van der Waals surface area contributed by atoms with Gasteiger partial charge in [-0.2, -0.15) is 0 Å². The molecule has 2 aliphatic heterocycles. The summed E-state index contributed by atoms with van der Waals surface area (Å²) in [6, 6.07) is -0.0648. The Hall–Kier alpha value is -0.460. The Bertz CT molecular complexity index is 442. The molecule has 0 aliphatic carbocycles. The Morgan fingerprint density at radius 1 is 1.26 bits per heavy atom. The highest BCUT2D eigenvalue weighted by Crippen LogP contribution is 2.30. The minimum Gasteiger partial charge on any atom is -0.338 e. The number of likely N-dealkylation sites (tertiary alicyclic amines) is 1. The van der Waals surface area contributed by atoms with Crippen LogP contribution in [0.4, 0.5) is 0 Å². The van der Waals surface area contributed by atoms with Gasteiger partial charge in [-0.05, 0) is 31.2 Å². The number of amides is 2. The summed E-state index contributed by atoms with van der Waals surface area (Å²) in [7, 11) is 0. The fourth-order valence-corrected chi connectivity index (χ4v) is 4.43. The third-order valence-corrected chi connectivity index (χ3v) is 5.46. The smallest absolute Gasteiger partial charge is 0.246 e. The van der Waals surface area contributed by atoms with Crippen molar-refractivity contribution in [3.63, 3.8) is 0 Å². The number of nitrogens with zero attached hydrogens (tertiary/aromatic N) is 2. The van der Waals surface area contributed by atoms with Crippen molar-refractivity contribution in [1.82, 2.24) is 9.80 Å². The summed E-state index contributed by atoms with van der Waals surface area (Å²) in [5, 5.41) is 0. The summed E-state index contributed by atoms with van der Waals surface area (Å²) in [5.74, 6) is 1.94. The number of nitrogens with two attached hydrogens (primary N) is 1. The van der Waals surface area contributed by atoms with Crippen LogP contribution in [0.2, 0.25) is 0 Å². The molecule has 2 saturated heterocycles. The molecule has 2 amide bonds. The number of rotatable bonds is 3. The van der Waals surface area contributed by atoms with Crippen LogP contribution in [0.1, 0.15) is 40.5 Å². The first-order valence-corrected chi connectivity index (χ1v) is 9.26. The van der Waals surface area contributed by atoms with Gasteiger partial charge in [0.05, 0.1) is 5.88 Å². The highest BCUT2D eigenvalue weighted by Gasteiger charge is 2.41. The van der Waals surface area contributed by atoms with E-state index in [4.69, 9.17) is 5.73 Å². The van der Waals surface area contributed by atoms with Gasteiger partial charge in [-0.15, -0.1) is 24.2 Å². The van der Waals surface area contributed by atoms with Gasteiger partial charge in [-0.1, -0.05) is 20.8 Å². The Labute approximate surface area is 150 Å². The van der Waals surface area contributed by atoms with E-state index in [1.807, 2.05) is 4.90 Å². The number of carbonyl (C=O) groups is 2. The van der Waals surface area contributed by atoms with Crippen molar-refractivity contribution in [3.8, 4) is 0 Å². The van der Waals surface area contributed by atoms with Crippen molar-refractivity contribution in [2.24, 2.45) is 17.1 Å². The molecular formula is C16H30ClN3O2S. The molecule has 134 valence electrons. The standard InChI is InChI=1S/C16H29N3O2S.ClH/c1-11-5-12(7-17)8-18(11)15(21)13-9-22-10-19(13)14(20)6-16(2,3)4;/h11-13H,5-10,17H2,1-4H3;1H. The first-order chi connectivity index (χ1) is 10.2. The van der Waals surface area contributed by atoms with E-state index in [-0.39, 0.29) is 41.7 Å². The molecule has 0 aromatic carbocycles. The highest BCUT2D eigenvalue weighted by atomic mass is 35.5. The molecule has 0 spiro atoms. The predicted molar refractivity (Wildman–Crippen MR) is 97.6 cm³/mol. The predicted octanol–water partition coefficient (Wildman–Crippen LogP) is 1.94. The Kier molecular flexibility index (Phi) is 7.23. The van der Waals surface area contributed by atoms with E-state index in [9.17, 15) is 9.59 Å². The number of hydrogen-bond donors (Lipinski definition) is 1. The molecule has 2 heterocycles. The lowest BCUT2D eigenvalue weighted by atomic mass is 9.91. The third kappa shape index (κ3) is 5.00. The molecule has 7 heteroatoms. The monoisotopic (exact) mass is 363 g/mol. The third-order valence-electron chi connectivity index (χ3n) is 4.45. The average Bonchev–Trinajstić information content (AvgIpc) is 3.02. The van der Waals surface area contributed by atoms with E-state index < -0.39 is 0 Å². The van der Waals surface area contributed by atoms with E-state index in [2.05, 4.69) is 27.7 Å². The van der Waals surface area contributed by atoms with E-state index >= 15 is 0 Å². The second kappa shape index (κ2) is 8.08. The van der Waals surface area contributed by atoms with Crippen LogP contribution < -0.4 is 5.73 Å². The molecule has 3 unspecified atom stereocenters. The maximum atomic E-state index is 12.9. The van der Waals surface area contributed by atoms with Gasteiger partial charge >= 0.3 is 0 Å². The largest absolute Gasteiger partial charge is 0.338 e. The van der Waals surface area contributed by atoms with E-state index in [1.54, 1.807) is 16.7 Å². The molecule has 0 saturated carbocycles. The molecule has 0 bridgehead atoms. The van der Waals surface area contributed by atoms with Gasteiger partial charge in [0.25, 0.3) is 0 Å². The van der Waals surface area contributed by atoms with Gasteiger partial charge in [-0.25, -0.2) is 0 Å². The Morgan fingerprint density at radius 2 is 1.91 bits per heavy atom. The molecule has 2 aliphatic rings. The highest BCUT2D eigenvalue weighted by molar-refractivity contribution is 7.99.